The molecular weight excluding hydrogens is 172 g/mol. The molecule has 14 heavy (non-hydrogen) atoms. The molecule has 0 bridgehead atoms. The van der Waals surface area contributed by atoms with Gasteiger partial charge in [0.15, 0.2) is 0 Å². The van der Waals surface area contributed by atoms with Crippen LogP contribution < -0.4 is 0 Å². The van der Waals surface area contributed by atoms with Crippen molar-refractivity contribution in [1.29, 1.82) is 0 Å². The molecule has 0 spiro atoms. The lowest BCUT2D eigenvalue weighted by atomic mass is 9.93. The number of aryl methyl sites for hydroxylation is 1. The summed E-state index contributed by atoms with van der Waals surface area (Å²) in [6.45, 7) is 0. The van der Waals surface area contributed by atoms with Gasteiger partial charge in [-0.1, -0.05) is 12.2 Å². The minimum absolute atomic E-state index is 0.515. The van der Waals surface area contributed by atoms with Crippen LogP contribution >= 0.6 is 0 Å². The zero-order chi connectivity index (χ0) is 9.54. The SMILES string of the molecule is Oc1cc2c(cc1C1CC1)C=CCC2. The number of aromatic hydroxyl groups is 1. The highest BCUT2D eigenvalue weighted by Gasteiger charge is 2.27. The topological polar surface area (TPSA) is 20.2 Å². The molecule has 1 aromatic rings. The second-order valence-corrected chi connectivity index (χ2v) is 4.33. The molecule has 1 heteroatoms. The summed E-state index contributed by atoms with van der Waals surface area (Å²) in [5.74, 6) is 1.15. The molecule has 1 saturated carbocycles. The molecule has 2 aliphatic carbocycles. The largest absolute Gasteiger partial charge is 0.508 e. The van der Waals surface area contributed by atoms with Gasteiger partial charge >= 0.3 is 0 Å². The van der Waals surface area contributed by atoms with E-state index in [-0.39, 0.29) is 0 Å². The predicted octanol–water partition coefficient (Wildman–Crippen LogP) is 3.23. The fourth-order valence-electron chi connectivity index (χ4n) is 2.21. The van der Waals surface area contributed by atoms with E-state index in [1.54, 1.807) is 0 Å². The molecule has 1 nitrogen and oxygen atoms in total. The fourth-order valence-corrected chi connectivity index (χ4v) is 2.21. The van der Waals surface area contributed by atoms with Gasteiger partial charge in [-0.15, -0.1) is 0 Å². The minimum atomic E-state index is 0.515. The lowest BCUT2D eigenvalue weighted by Crippen LogP contribution is -1.95. The highest BCUT2D eigenvalue weighted by molar-refractivity contribution is 5.60. The maximum absolute atomic E-state index is 9.85. The summed E-state index contributed by atoms with van der Waals surface area (Å²) in [5, 5.41) is 9.85. The van der Waals surface area contributed by atoms with E-state index < -0.39 is 0 Å². The maximum Gasteiger partial charge on any atom is 0.119 e. The number of phenolic OH excluding ortho intramolecular Hbond substituents is 1. The van der Waals surface area contributed by atoms with E-state index in [4.69, 9.17) is 0 Å². The molecule has 0 saturated heterocycles. The van der Waals surface area contributed by atoms with E-state index in [9.17, 15) is 5.11 Å². The Labute approximate surface area is 84.1 Å². The molecule has 0 aliphatic heterocycles. The summed E-state index contributed by atoms with van der Waals surface area (Å²) in [6.07, 6.45) is 9.08. The molecule has 0 heterocycles. The van der Waals surface area contributed by atoms with Crippen molar-refractivity contribution in [1.82, 2.24) is 0 Å². The lowest BCUT2D eigenvalue weighted by molar-refractivity contribution is 0.467. The van der Waals surface area contributed by atoms with Gasteiger partial charge in [0.1, 0.15) is 5.75 Å². The molecule has 0 unspecified atom stereocenters. The molecule has 3 rings (SSSR count). The number of hydrogen-bond donors (Lipinski definition) is 1. The average molecular weight is 186 g/mol. The monoisotopic (exact) mass is 186 g/mol. The predicted molar refractivity (Wildman–Crippen MR) is 57.4 cm³/mol. The Morgan fingerprint density at radius 1 is 1.21 bits per heavy atom. The van der Waals surface area contributed by atoms with Crippen molar-refractivity contribution in [3.63, 3.8) is 0 Å². The van der Waals surface area contributed by atoms with E-state index in [1.807, 2.05) is 6.07 Å². The molecule has 1 fully saturated rings. The van der Waals surface area contributed by atoms with E-state index in [0.29, 0.717) is 11.7 Å². The second-order valence-electron chi connectivity index (χ2n) is 4.33. The van der Waals surface area contributed by atoms with E-state index >= 15 is 0 Å². The molecule has 2 aliphatic rings. The van der Waals surface area contributed by atoms with Gasteiger partial charge in [0.05, 0.1) is 0 Å². The minimum Gasteiger partial charge on any atom is -0.508 e. The first-order valence-corrected chi connectivity index (χ1v) is 5.37. The fraction of sp³-hybridized carbons (Fsp3) is 0.385. The Morgan fingerprint density at radius 2 is 2.07 bits per heavy atom. The van der Waals surface area contributed by atoms with Gasteiger partial charge in [0.2, 0.25) is 0 Å². The smallest absolute Gasteiger partial charge is 0.119 e. The van der Waals surface area contributed by atoms with Crippen molar-refractivity contribution in [3.8, 4) is 5.75 Å². The van der Waals surface area contributed by atoms with Gasteiger partial charge in [-0.25, -0.2) is 0 Å². The summed E-state index contributed by atoms with van der Waals surface area (Å²) in [5.41, 5.74) is 3.78. The van der Waals surface area contributed by atoms with Crippen molar-refractivity contribution in [2.75, 3.05) is 0 Å². The van der Waals surface area contributed by atoms with Crippen LogP contribution in [-0.2, 0) is 6.42 Å². The lowest BCUT2D eigenvalue weighted by Gasteiger charge is -2.13. The highest BCUT2D eigenvalue weighted by atomic mass is 16.3. The van der Waals surface area contributed by atoms with Gasteiger partial charge < -0.3 is 5.11 Å². The van der Waals surface area contributed by atoms with Crippen LogP contribution in [0.25, 0.3) is 6.08 Å². The first kappa shape index (κ1) is 8.10. The molecule has 0 atom stereocenters. The third-order valence-corrected chi connectivity index (χ3v) is 3.18. The zero-order valence-corrected chi connectivity index (χ0v) is 8.16. The molecule has 1 aromatic carbocycles. The third kappa shape index (κ3) is 1.24. The van der Waals surface area contributed by atoms with Crippen molar-refractivity contribution in [3.05, 3.63) is 34.9 Å². The van der Waals surface area contributed by atoms with Crippen molar-refractivity contribution in [2.24, 2.45) is 0 Å². The number of benzene rings is 1. The molecule has 0 aromatic heterocycles. The summed E-state index contributed by atoms with van der Waals surface area (Å²) < 4.78 is 0. The molecule has 0 radical (unpaired) electrons. The van der Waals surface area contributed by atoms with Crippen LogP contribution in [0.2, 0.25) is 0 Å². The van der Waals surface area contributed by atoms with Crippen LogP contribution in [0.15, 0.2) is 18.2 Å². The summed E-state index contributed by atoms with van der Waals surface area (Å²) in [4.78, 5) is 0. The van der Waals surface area contributed by atoms with E-state index in [0.717, 1.165) is 18.4 Å². The summed E-state index contributed by atoms with van der Waals surface area (Å²) >= 11 is 0. The second kappa shape index (κ2) is 2.88. The highest BCUT2D eigenvalue weighted by Crippen LogP contribution is 2.45. The van der Waals surface area contributed by atoms with Crippen LogP contribution in [-0.4, -0.2) is 5.11 Å². The summed E-state index contributed by atoms with van der Waals surface area (Å²) in [7, 11) is 0. The van der Waals surface area contributed by atoms with Gasteiger partial charge in [-0.05, 0) is 60.4 Å². The molecule has 1 N–H and O–H groups in total. The third-order valence-electron chi connectivity index (χ3n) is 3.18. The molecule has 72 valence electrons. The number of phenols is 1. The van der Waals surface area contributed by atoms with Crippen molar-refractivity contribution < 1.29 is 5.11 Å². The van der Waals surface area contributed by atoms with Gasteiger partial charge in [0, 0.05) is 0 Å². The van der Waals surface area contributed by atoms with Crippen molar-refractivity contribution >= 4 is 6.08 Å². The molecule has 0 amide bonds. The van der Waals surface area contributed by atoms with Gasteiger partial charge in [-0.3, -0.25) is 0 Å². The number of hydrogen-bond acceptors (Lipinski definition) is 1. The van der Waals surface area contributed by atoms with Crippen LogP contribution in [0.5, 0.6) is 5.75 Å². The first-order valence-electron chi connectivity index (χ1n) is 5.37. The number of rotatable bonds is 1. The van der Waals surface area contributed by atoms with Crippen LogP contribution in [0.3, 0.4) is 0 Å². The number of allylic oxidation sites excluding steroid dienone is 1. The van der Waals surface area contributed by atoms with Crippen LogP contribution in [0.1, 0.15) is 41.9 Å². The van der Waals surface area contributed by atoms with Gasteiger partial charge in [-0.2, -0.15) is 0 Å². The van der Waals surface area contributed by atoms with Crippen molar-refractivity contribution in [2.45, 2.75) is 31.6 Å². The Morgan fingerprint density at radius 3 is 2.86 bits per heavy atom. The van der Waals surface area contributed by atoms with Gasteiger partial charge in [0.25, 0.3) is 0 Å². The Bertz CT molecular complexity index is 400. The average Bonchev–Trinajstić information content (AvgIpc) is 3.00. The Balaban J connectivity index is 2.11. The maximum atomic E-state index is 9.85. The molecular formula is C13H14O. The number of fused-ring (bicyclic) bond motifs is 1. The summed E-state index contributed by atoms with van der Waals surface area (Å²) in [6, 6.07) is 4.14. The Kier molecular flexibility index (Phi) is 1.66. The van der Waals surface area contributed by atoms with E-state index in [1.165, 1.54) is 24.0 Å². The quantitative estimate of drug-likeness (QED) is 0.714. The standard InChI is InChI=1S/C13H14O/c14-13-8-11-4-2-1-3-10(11)7-12(13)9-5-6-9/h1,3,7-9,14H,2,4-6H2. The zero-order valence-electron chi connectivity index (χ0n) is 8.16. The Hall–Kier alpha value is -1.24. The first-order chi connectivity index (χ1) is 6.84. The van der Waals surface area contributed by atoms with E-state index in [2.05, 4.69) is 18.2 Å². The normalized spacial score (nSPS) is 19.4. The van der Waals surface area contributed by atoms with Crippen LogP contribution in [0, 0.1) is 0 Å². The van der Waals surface area contributed by atoms with Crippen LogP contribution in [0.4, 0.5) is 0 Å².